The van der Waals surface area contributed by atoms with Crippen molar-refractivity contribution in [3.8, 4) is 0 Å². The molecule has 0 radical (unpaired) electrons. The van der Waals surface area contributed by atoms with E-state index in [1.54, 1.807) is 6.20 Å². The third kappa shape index (κ3) is 3.82. The summed E-state index contributed by atoms with van der Waals surface area (Å²) in [4.78, 5) is 21.3. The highest BCUT2D eigenvalue weighted by Crippen LogP contribution is 2.25. The van der Waals surface area contributed by atoms with Crippen molar-refractivity contribution in [2.75, 3.05) is 19.8 Å². The van der Waals surface area contributed by atoms with Crippen LogP contribution in [0.4, 0.5) is 0 Å². The number of fused-ring (bicyclic) bond motifs is 2. The van der Waals surface area contributed by atoms with Crippen LogP contribution in [0, 0.1) is 0 Å². The number of hydrogen-bond acceptors (Lipinski definition) is 4. The van der Waals surface area contributed by atoms with Crippen LogP contribution in [0.1, 0.15) is 28.0 Å². The average Bonchev–Trinajstić information content (AvgIpc) is 3.21. The summed E-state index contributed by atoms with van der Waals surface area (Å²) in [5.41, 5.74) is 4.12. The summed E-state index contributed by atoms with van der Waals surface area (Å²) in [6.07, 6.45) is 9.31. The minimum Gasteiger partial charge on any atom is -0.377 e. The first-order chi connectivity index (χ1) is 14.8. The molecule has 150 valence electrons. The number of imidazole rings is 1. The van der Waals surface area contributed by atoms with Gasteiger partial charge in [-0.15, -0.1) is 0 Å². The maximum absolute atomic E-state index is 12.6. The lowest BCUT2D eigenvalue weighted by atomic mass is 9.97. The van der Waals surface area contributed by atoms with E-state index in [1.807, 2.05) is 41.1 Å². The summed E-state index contributed by atoms with van der Waals surface area (Å²) < 4.78 is 7.28. The Bertz CT molecular complexity index is 1230. The minimum atomic E-state index is -0.0741. The molecule has 6 heteroatoms. The fraction of sp³-hybridized carbons (Fsp3) is 0.208. The van der Waals surface area contributed by atoms with Gasteiger partial charge in [0.15, 0.2) is 0 Å². The molecular formula is C24H22N4O2. The van der Waals surface area contributed by atoms with E-state index in [4.69, 9.17) is 4.74 Å². The van der Waals surface area contributed by atoms with E-state index in [0.717, 1.165) is 29.5 Å². The lowest BCUT2D eigenvalue weighted by Crippen LogP contribution is -2.25. The zero-order valence-electron chi connectivity index (χ0n) is 16.5. The zero-order chi connectivity index (χ0) is 20.3. The molecule has 0 atom stereocenters. The number of hydrogen-bond donors (Lipinski definition) is 1. The fourth-order valence-electron chi connectivity index (χ4n) is 3.78. The van der Waals surface area contributed by atoms with Crippen LogP contribution in [-0.2, 0) is 11.2 Å². The smallest absolute Gasteiger partial charge is 0.251 e. The molecule has 1 aliphatic rings. The summed E-state index contributed by atoms with van der Waals surface area (Å²) in [5.74, 6) is 0.597. The van der Waals surface area contributed by atoms with Crippen molar-refractivity contribution in [3.63, 3.8) is 0 Å². The van der Waals surface area contributed by atoms with Gasteiger partial charge in [0.2, 0.25) is 5.78 Å². The molecule has 30 heavy (non-hydrogen) atoms. The van der Waals surface area contributed by atoms with Gasteiger partial charge in [-0.3, -0.25) is 9.20 Å². The molecule has 0 unspecified atom stereocenters. The SMILES string of the molecule is O=C(NCCc1cn2cccnc2n1)c1ccc2cc(C3=CCOCC3)ccc2c1. The normalized spacial score (nSPS) is 14.1. The Balaban J connectivity index is 1.25. The number of carbonyl (C=O) groups is 1. The van der Waals surface area contributed by atoms with Crippen molar-refractivity contribution in [2.45, 2.75) is 12.8 Å². The zero-order valence-corrected chi connectivity index (χ0v) is 16.5. The Kier molecular flexibility index (Phi) is 4.99. The minimum absolute atomic E-state index is 0.0741. The lowest BCUT2D eigenvalue weighted by Gasteiger charge is -2.14. The van der Waals surface area contributed by atoms with Gasteiger partial charge in [-0.1, -0.05) is 24.3 Å². The Hall–Kier alpha value is -3.51. The summed E-state index contributed by atoms with van der Waals surface area (Å²) in [7, 11) is 0. The number of ether oxygens (including phenoxy) is 1. The second-order valence-corrected chi connectivity index (χ2v) is 7.40. The van der Waals surface area contributed by atoms with Crippen LogP contribution in [-0.4, -0.2) is 40.0 Å². The van der Waals surface area contributed by atoms with Crippen molar-refractivity contribution in [2.24, 2.45) is 0 Å². The van der Waals surface area contributed by atoms with Gasteiger partial charge in [-0.25, -0.2) is 9.97 Å². The van der Waals surface area contributed by atoms with Crippen LogP contribution in [0.3, 0.4) is 0 Å². The van der Waals surface area contributed by atoms with Crippen molar-refractivity contribution < 1.29 is 9.53 Å². The fourth-order valence-corrected chi connectivity index (χ4v) is 3.78. The maximum Gasteiger partial charge on any atom is 0.251 e. The van der Waals surface area contributed by atoms with E-state index >= 15 is 0 Å². The number of benzene rings is 2. The predicted molar refractivity (Wildman–Crippen MR) is 116 cm³/mol. The maximum atomic E-state index is 12.6. The van der Waals surface area contributed by atoms with Gasteiger partial charge in [0, 0.05) is 37.1 Å². The molecule has 0 bridgehead atoms. The predicted octanol–water partition coefficient (Wildman–Crippen LogP) is 3.66. The van der Waals surface area contributed by atoms with Crippen LogP contribution in [0.2, 0.25) is 0 Å². The number of nitrogens with zero attached hydrogens (tertiary/aromatic N) is 3. The summed E-state index contributed by atoms with van der Waals surface area (Å²) in [5, 5.41) is 5.18. The molecule has 6 nitrogen and oxygen atoms in total. The van der Waals surface area contributed by atoms with Crippen molar-refractivity contribution in [3.05, 3.63) is 84.0 Å². The molecule has 0 aliphatic carbocycles. The number of carbonyl (C=O) groups excluding carboxylic acids is 1. The molecule has 1 N–H and O–H groups in total. The molecule has 0 spiro atoms. The van der Waals surface area contributed by atoms with Gasteiger partial charge >= 0.3 is 0 Å². The van der Waals surface area contributed by atoms with E-state index in [-0.39, 0.29) is 5.91 Å². The second kappa shape index (κ2) is 8.08. The molecule has 0 fully saturated rings. The number of amides is 1. The van der Waals surface area contributed by atoms with Gasteiger partial charge in [0.05, 0.1) is 18.9 Å². The van der Waals surface area contributed by atoms with Crippen molar-refractivity contribution in [1.29, 1.82) is 0 Å². The number of rotatable bonds is 5. The van der Waals surface area contributed by atoms with E-state index in [1.165, 1.54) is 11.1 Å². The van der Waals surface area contributed by atoms with Crippen LogP contribution < -0.4 is 5.32 Å². The van der Waals surface area contributed by atoms with Crippen molar-refractivity contribution in [1.82, 2.24) is 19.7 Å². The standard InChI is InChI=1S/C24H22N4O2/c29-23(25-10-6-22-16-28-11-1-9-26-24(28)27-22)21-5-4-19-14-18(2-3-20(19)15-21)17-7-12-30-13-8-17/h1-5,7,9,11,14-16H,6,8,10,12-13H2,(H,25,29). The highest BCUT2D eigenvalue weighted by Gasteiger charge is 2.10. The van der Waals surface area contributed by atoms with E-state index < -0.39 is 0 Å². The van der Waals surface area contributed by atoms with E-state index in [0.29, 0.717) is 30.9 Å². The molecule has 1 aliphatic heterocycles. The molecule has 2 aromatic heterocycles. The second-order valence-electron chi connectivity index (χ2n) is 7.40. The van der Waals surface area contributed by atoms with E-state index in [2.05, 4.69) is 39.6 Å². The monoisotopic (exact) mass is 398 g/mol. The molecule has 0 saturated carbocycles. The molecular weight excluding hydrogens is 376 g/mol. The molecule has 4 aromatic rings. The first-order valence-corrected chi connectivity index (χ1v) is 10.1. The Morgan fingerprint density at radius 1 is 1.17 bits per heavy atom. The Morgan fingerprint density at radius 2 is 2.07 bits per heavy atom. The third-order valence-electron chi connectivity index (χ3n) is 5.39. The van der Waals surface area contributed by atoms with Gasteiger partial charge in [0.25, 0.3) is 5.91 Å². The van der Waals surface area contributed by atoms with Gasteiger partial charge in [-0.05, 0) is 52.6 Å². The highest BCUT2D eigenvalue weighted by molar-refractivity contribution is 5.99. The molecule has 0 saturated heterocycles. The Morgan fingerprint density at radius 3 is 2.93 bits per heavy atom. The van der Waals surface area contributed by atoms with E-state index in [9.17, 15) is 4.79 Å². The average molecular weight is 398 g/mol. The molecule has 3 heterocycles. The molecule has 2 aromatic carbocycles. The largest absolute Gasteiger partial charge is 0.377 e. The topological polar surface area (TPSA) is 68.5 Å². The summed E-state index contributed by atoms with van der Waals surface area (Å²) in [6.45, 7) is 1.97. The van der Waals surface area contributed by atoms with Crippen LogP contribution >= 0.6 is 0 Å². The van der Waals surface area contributed by atoms with Gasteiger partial charge in [-0.2, -0.15) is 0 Å². The van der Waals surface area contributed by atoms with Crippen molar-refractivity contribution >= 4 is 28.0 Å². The highest BCUT2D eigenvalue weighted by atomic mass is 16.5. The lowest BCUT2D eigenvalue weighted by molar-refractivity contribution is 0.0954. The van der Waals surface area contributed by atoms with Crippen LogP contribution in [0.5, 0.6) is 0 Å². The third-order valence-corrected chi connectivity index (χ3v) is 5.39. The Labute approximate surface area is 174 Å². The van der Waals surface area contributed by atoms with Crippen LogP contribution in [0.25, 0.3) is 22.1 Å². The van der Waals surface area contributed by atoms with Gasteiger partial charge in [0.1, 0.15) is 0 Å². The first-order valence-electron chi connectivity index (χ1n) is 10.1. The number of aromatic nitrogens is 3. The summed E-state index contributed by atoms with van der Waals surface area (Å²) >= 11 is 0. The van der Waals surface area contributed by atoms with Crippen LogP contribution in [0.15, 0.2) is 67.1 Å². The molecule has 5 rings (SSSR count). The molecule has 1 amide bonds. The number of nitrogens with one attached hydrogen (secondary N) is 1. The summed E-state index contributed by atoms with van der Waals surface area (Å²) in [6, 6.07) is 14.1. The van der Waals surface area contributed by atoms with Gasteiger partial charge < -0.3 is 10.1 Å². The quantitative estimate of drug-likeness (QED) is 0.557. The first kappa shape index (κ1) is 18.5.